The van der Waals surface area contributed by atoms with Gasteiger partial charge in [-0.15, -0.1) is 0 Å². The van der Waals surface area contributed by atoms with E-state index in [0.29, 0.717) is 17.5 Å². The molecular weight excluding hydrogens is 288 g/mol. The van der Waals surface area contributed by atoms with Crippen molar-refractivity contribution in [1.29, 1.82) is 0 Å². The predicted octanol–water partition coefficient (Wildman–Crippen LogP) is 2.41. The topological polar surface area (TPSA) is 44.7 Å². The second-order valence-electron chi connectivity index (χ2n) is 5.84. The van der Waals surface area contributed by atoms with E-state index in [9.17, 15) is 5.11 Å². The van der Waals surface area contributed by atoms with Gasteiger partial charge < -0.3 is 15.2 Å². The summed E-state index contributed by atoms with van der Waals surface area (Å²) < 4.78 is 5.55. The first kappa shape index (κ1) is 16.6. The highest BCUT2D eigenvalue weighted by molar-refractivity contribution is 6.30. The molecule has 4 nitrogen and oxygen atoms in total. The second-order valence-corrected chi connectivity index (χ2v) is 6.28. The van der Waals surface area contributed by atoms with E-state index < -0.39 is 6.10 Å². The van der Waals surface area contributed by atoms with E-state index in [2.05, 4.69) is 24.1 Å². The predicted molar refractivity (Wildman–Crippen MR) is 86.4 cm³/mol. The molecule has 1 atom stereocenters. The lowest BCUT2D eigenvalue weighted by Gasteiger charge is -2.30. The minimum Gasteiger partial charge on any atom is -0.496 e. The number of nitrogens with zero attached hydrogens (tertiary/aromatic N) is 1. The molecule has 1 aliphatic rings. The Kier molecular flexibility index (Phi) is 5.88. The van der Waals surface area contributed by atoms with Crippen molar-refractivity contribution < 1.29 is 9.84 Å². The van der Waals surface area contributed by atoms with Crippen LogP contribution in [-0.4, -0.2) is 49.8 Å². The standard InChI is InChI=1S/C16H25ClN2O2/c1-11(2)13-8-12(17)9-14(16(13)21-3)15(20)10-19-6-4-18-5-7-19/h8-9,11,15,18,20H,4-7,10H2,1-3H3. The Labute approximate surface area is 132 Å². The molecule has 1 unspecified atom stereocenters. The summed E-state index contributed by atoms with van der Waals surface area (Å²) in [6.07, 6.45) is -0.589. The van der Waals surface area contributed by atoms with Gasteiger partial charge in [-0.1, -0.05) is 25.4 Å². The average molecular weight is 313 g/mol. The van der Waals surface area contributed by atoms with Gasteiger partial charge in [0.1, 0.15) is 5.75 Å². The van der Waals surface area contributed by atoms with Gasteiger partial charge in [-0.2, -0.15) is 0 Å². The molecule has 0 aliphatic carbocycles. The Morgan fingerprint density at radius 3 is 2.48 bits per heavy atom. The number of aliphatic hydroxyl groups excluding tert-OH is 1. The zero-order chi connectivity index (χ0) is 15.4. The van der Waals surface area contributed by atoms with E-state index in [-0.39, 0.29) is 0 Å². The third-order valence-corrected chi connectivity index (χ3v) is 4.16. The first-order valence-corrected chi connectivity index (χ1v) is 7.89. The first-order chi connectivity index (χ1) is 10.0. The molecule has 1 aromatic carbocycles. The van der Waals surface area contributed by atoms with Crippen molar-refractivity contribution in [2.45, 2.75) is 25.9 Å². The Bertz CT molecular complexity index is 474. The molecule has 1 fully saturated rings. The molecule has 0 amide bonds. The average Bonchev–Trinajstić information content (AvgIpc) is 2.47. The molecule has 0 saturated carbocycles. The quantitative estimate of drug-likeness (QED) is 0.876. The fraction of sp³-hybridized carbons (Fsp3) is 0.625. The number of hydrogen-bond donors (Lipinski definition) is 2. The van der Waals surface area contributed by atoms with Crippen molar-refractivity contribution in [2.75, 3.05) is 39.8 Å². The molecule has 5 heteroatoms. The van der Waals surface area contributed by atoms with Crippen LogP contribution in [0.2, 0.25) is 5.02 Å². The van der Waals surface area contributed by atoms with Crippen molar-refractivity contribution in [1.82, 2.24) is 10.2 Å². The highest BCUT2D eigenvalue weighted by atomic mass is 35.5. The molecular formula is C16H25ClN2O2. The summed E-state index contributed by atoms with van der Waals surface area (Å²) >= 11 is 6.22. The van der Waals surface area contributed by atoms with E-state index in [1.165, 1.54) is 0 Å². The second kappa shape index (κ2) is 7.45. The molecule has 2 rings (SSSR count). The van der Waals surface area contributed by atoms with Crippen molar-refractivity contribution >= 4 is 11.6 Å². The van der Waals surface area contributed by atoms with Gasteiger partial charge in [-0.3, -0.25) is 4.90 Å². The van der Waals surface area contributed by atoms with Gasteiger partial charge in [0.15, 0.2) is 0 Å². The molecule has 21 heavy (non-hydrogen) atoms. The van der Waals surface area contributed by atoms with Crippen molar-refractivity contribution in [3.63, 3.8) is 0 Å². The number of hydrogen-bond acceptors (Lipinski definition) is 4. The monoisotopic (exact) mass is 312 g/mol. The smallest absolute Gasteiger partial charge is 0.128 e. The van der Waals surface area contributed by atoms with Gasteiger partial charge in [-0.25, -0.2) is 0 Å². The number of nitrogens with one attached hydrogen (secondary N) is 1. The number of halogens is 1. The highest BCUT2D eigenvalue weighted by Gasteiger charge is 2.22. The lowest BCUT2D eigenvalue weighted by Crippen LogP contribution is -2.45. The fourth-order valence-electron chi connectivity index (χ4n) is 2.79. The molecule has 2 N–H and O–H groups in total. The summed E-state index contributed by atoms with van der Waals surface area (Å²) in [6, 6.07) is 3.74. The van der Waals surface area contributed by atoms with E-state index in [0.717, 1.165) is 43.1 Å². The third kappa shape index (κ3) is 4.10. The van der Waals surface area contributed by atoms with Crippen molar-refractivity contribution in [3.05, 3.63) is 28.3 Å². The van der Waals surface area contributed by atoms with Gasteiger partial charge in [0.25, 0.3) is 0 Å². The highest BCUT2D eigenvalue weighted by Crippen LogP contribution is 2.36. The third-order valence-electron chi connectivity index (χ3n) is 3.94. The number of benzene rings is 1. The van der Waals surface area contributed by atoms with Crippen LogP contribution < -0.4 is 10.1 Å². The van der Waals surface area contributed by atoms with Crippen LogP contribution in [0.25, 0.3) is 0 Å². The van der Waals surface area contributed by atoms with E-state index in [1.807, 2.05) is 12.1 Å². The number of ether oxygens (including phenoxy) is 1. The summed E-state index contributed by atoms with van der Waals surface area (Å²) in [5, 5.41) is 14.6. The van der Waals surface area contributed by atoms with E-state index in [4.69, 9.17) is 16.3 Å². The molecule has 0 radical (unpaired) electrons. The summed E-state index contributed by atoms with van der Waals surface area (Å²) in [4.78, 5) is 2.26. The zero-order valence-electron chi connectivity index (χ0n) is 13.0. The number of methoxy groups -OCH3 is 1. The van der Waals surface area contributed by atoms with Crippen LogP contribution in [0.15, 0.2) is 12.1 Å². The lowest BCUT2D eigenvalue weighted by molar-refractivity contribution is 0.103. The molecule has 1 heterocycles. The minimum absolute atomic E-state index is 0.295. The first-order valence-electron chi connectivity index (χ1n) is 7.51. The zero-order valence-corrected chi connectivity index (χ0v) is 13.8. The molecule has 1 saturated heterocycles. The summed E-state index contributed by atoms with van der Waals surface area (Å²) in [5.41, 5.74) is 1.83. The number of aliphatic hydroxyl groups is 1. The Balaban J connectivity index is 2.24. The molecule has 1 aliphatic heterocycles. The van der Waals surface area contributed by atoms with Crippen LogP contribution >= 0.6 is 11.6 Å². The summed E-state index contributed by atoms with van der Waals surface area (Å²) in [6.45, 7) is 8.65. The summed E-state index contributed by atoms with van der Waals surface area (Å²) in [5.74, 6) is 1.06. The van der Waals surface area contributed by atoms with Crippen LogP contribution in [0.4, 0.5) is 0 Å². The maximum atomic E-state index is 10.6. The van der Waals surface area contributed by atoms with Gasteiger partial charge in [-0.05, 0) is 23.6 Å². The molecule has 0 spiro atoms. The normalized spacial score (nSPS) is 18.0. The van der Waals surface area contributed by atoms with Crippen molar-refractivity contribution in [3.8, 4) is 5.75 Å². The molecule has 0 aromatic heterocycles. The van der Waals surface area contributed by atoms with Gasteiger partial charge in [0, 0.05) is 43.3 Å². The molecule has 118 valence electrons. The Morgan fingerprint density at radius 2 is 1.90 bits per heavy atom. The van der Waals surface area contributed by atoms with Gasteiger partial charge in [0.05, 0.1) is 13.2 Å². The Morgan fingerprint density at radius 1 is 1.29 bits per heavy atom. The van der Waals surface area contributed by atoms with Crippen LogP contribution in [0, 0.1) is 0 Å². The maximum absolute atomic E-state index is 10.6. The largest absolute Gasteiger partial charge is 0.496 e. The van der Waals surface area contributed by atoms with Gasteiger partial charge in [0.2, 0.25) is 0 Å². The summed E-state index contributed by atoms with van der Waals surface area (Å²) in [7, 11) is 1.65. The SMILES string of the molecule is COc1c(C(C)C)cc(Cl)cc1C(O)CN1CCNCC1. The number of piperazine rings is 1. The Hall–Kier alpha value is -0.810. The van der Waals surface area contributed by atoms with Crippen LogP contribution in [0.1, 0.15) is 37.0 Å². The fourth-order valence-corrected chi connectivity index (χ4v) is 3.02. The van der Waals surface area contributed by atoms with Crippen LogP contribution in [-0.2, 0) is 0 Å². The van der Waals surface area contributed by atoms with E-state index in [1.54, 1.807) is 7.11 Å². The minimum atomic E-state index is -0.589. The van der Waals surface area contributed by atoms with Crippen LogP contribution in [0.5, 0.6) is 5.75 Å². The lowest BCUT2D eigenvalue weighted by atomic mass is 9.96. The molecule has 0 bridgehead atoms. The number of rotatable bonds is 5. The van der Waals surface area contributed by atoms with Crippen LogP contribution in [0.3, 0.4) is 0 Å². The number of β-amino-alcohol motifs (C(OH)–C–C–N with tert-alkyl or cyclic N) is 1. The molecule has 1 aromatic rings. The maximum Gasteiger partial charge on any atom is 0.128 e. The van der Waals surface area contributed by atoms with E-state index >= 15 is 0 Å². The van der Waals surface area contributed by atoms with Gasteiger partial charge >= 0.3 is 0 Å². The van der Waals surface area contributed by atoms with Crippen molar-refractivity contribution in [2.24, 2.45) is 0 Å².